The molecular formula is C15H19N3O2S. The highest BCUT2D eigenvalue weighted by atomic mass is 32.2. The highest BCUT2D eigenvalue weighted by Crippen LogP contribution is 2.35. The number of anilines is 1. The quantitative estimate of drug-likeness (QED) is 0.891. The smallest absolute Gasteiger partial charge is 0.178 e. The van der Waals surface area contributed by atoms with Crippen LogP contribution < -0.4 is 5.32 Å². The van der Waals surface area contributed by atoms with Gasteiger partial charge in [-0.15, -0.1) is 0 Å². The minimum atomic E-state index is -3.12. The van der Waals surface area contributed by atoms with Crippen LogP contribution in [0.25, 0.3) is 0 Å². The van der Waals surface area contributed by atoms with E-state index in [1.807, 2.05) is 12.5 Å². The maximum absolute atomic E-state index is 11.8. The van der Waals surface area contributed by atoms with Crippen LogP contribution in [0.3, 0.4) is 0 Å². The number of rotatable bonds is 6. The zero-order valence-corrected chi connectivity index (χ0v) is 12.8. The molecule has 112 valence electrons. The molecule has 0 amide bonds. The molecule has 0 bridgehead atoms. The van der Waals surface area contributed by atoms with Gasteiger partial charge in [-0.25, -0.2) is 13.4 Å². The van der Waals surface area contributed by atoms with Gasteiger partial charge in [0.25, 0.3) is 0 Å². The number of hydrogen-bond donors (Lipinski definition) is 1. The number of hydrogen-bond acceptors (Lipinski definition) is 4. The SMILES string of the molecule is CCS(=O)(=O)c1ccc(NCc2cncn2C2CC2)cc1. The maximum atomic E-state index is 11.8. The molecule has 1 fully saturated rings. The van der Waals surface area contributed by atoms with Crippen molar-refractivity contribution in [2.24, 2.45) is 0 Å². The largest absolute Gasteiger partial charge is 0.379 e. The van der Waals surface area contributed by atoms with Gasteiger partial charge in [0.15, 0.2) is 9.84 Å². The number of sulfone groups is 1. The monoisotopic (exact) mass is 305 g/mol. The van der Waals surface area contributed by atoms with E-state index in [9.17, 15) is 8.42 Å². The van der Waals surface area contributed by atoms with Crippen LogP contribution in [0.1, 0.15) is 31.5 Å². The molecule has 1 aliphatic rings. The fraction of sp³-hybridized carbons (Fsp3) is 0.400. The van der Waals surface area contributed by atoms with E-state index in [0.29, 0.717) is 17.5 Å². The molecule has 21 heavy (non-hydrogen) atoms. The van der Waals surface area contributed by atoms with Gasteiger partial charge in [-0.05, 0) is 37.1 Å². The topological polar surface area (TPSA) is 64.0 Å². The second-order valence-electron chi connectivity index (χ2n) is 5.30. The standard InChI is InChI=1S/C15H19N3O2S/c1-2-21(19,20)15-7-3-12(4-8-15)17-10-14-9-16-11-18(14)13-5-6-13/h3-4,7-9,11,13,17H,2,5-6,10H2,1H3. The van der Waals surface area contributed by atoms with Gasteiger partial charge < -0.3 is 9.88 Å². The van der Waals surface area contributed by atoms with Gasteiger partial charge in [-0.2, -0.15) is 0 Å². The highest BCUT2D eigenvalue weighted by molar-refractivity contribution is 7.91. The summed E-state index contributed by atoms with van der Waals surface area (Å²) in [6.45, 7) is 2.34. The Labute approximate surface area is 124 Å². The predicted octanol–water partition coefficient (Wildman–Crippen LogP) is 2.62. The molecule has 3 rings (SSSR count). The third-order valence-corrected chi connectivity index (χ3v) is 5.50. The normalized spacial score (nSPS) is 15.1. The molecule has 0 radical (unpaired) electrons. The summed E-state index contributed by atoms with van der Waals surface area (Å²) < 4.78 is 25.7. The molecule has 5 nitrogen and oxygen atoms in total. The summed E-state index contributed by atoms with van der Waals surface area (Å²) >= 11 is 0. The lowest BCUT2D eigenvalue weighted by atomic mass is 10.3. The lowest BCUT2D eigenvalue weighted by Crippen LogP contribution is -2.07. The van der Waals surface area contributed by atoms with Crippen molar-refractivity contribution in [1.29, 1.82) is 0 Å². The van der Waals surface area contributed by atoms with E-state index in [1.54, 1.807) is 31.2 Å². The molecule has 0 spiro atoms. The third-order valence-electron chi connectivity index (χ3n) is 3.75. The Hall–Kier alpha value is -1.82. The Bertz CT molecular complexity index is 716. The van der Waals surface area contributed by atoms with E-state index < -0.39 is 9.84 Å². The van der Waals surface area contributed by atoms with Gasteiger partial charge >= 0.3 is 0 Å². The molecule has 0 unspecified atom stereocenters. The molecule has 1 heterocycles. The van der Waals surface area contributed by atoms with Crippen molar-refractivity contribution in [2.45, 2.75) is 37.2 Å². The van der Waals surface area contributed by atoms with E-state index in [0.717, 1.165) is 11.4 Å². The summed E-state index contributed by atoms with van der Waals surface area (Å²) in [5.74, 6) is 0.125. The van der Waals surface area contributed by atoms with Gasteiger partial charge in [-0.3, -0.25) is 0 Å². The van der Waals surface area contributed by atoms with Crippen molar-refractivity contribution in [1.82, 2.24) is 9.55 Å². The van der Waals surface area contributed by atoms with Crippen LogP contribution >= 0.6 is 0 Å². The fourth-order valence-corrected chi connectivity index (χ4v) is 3.17. The van der Waals surface area contributed by atoms with Crippen LogP contribution in [0.5, 0.6) is 0 Å². The molecule has 0 atom stereocenters. The van der Waals surface area contributed by atoms with Crippen molar-refractivity contribution >= 4 is 15.5 Å². The van der Waals surface area contributed by atoms with Crippen LogP contribution in [0.4, 0.5) is 5.69 Å². The lowest BCUT2D eigenvalue weighted by Gasteiger charge is -2.10. The first-order chi connectivity index (χ1) is 10.1. The van der Waals surface area contributed by atoms with Crippen LogP contribution in [-0.4, -0.2) is 23.7 Å². The predicted molar refractivity (Wildman–Crippen MR) is 82.0 cm³/mol. The third kappa shape index (κ3) is 3.10. The fourth-order valence-electron chi connectivity index (χ4n) is 2.29. The van der Waals surface area contributed by atoms with E-state index in [1.165, 1.54) is 12.8 Å². The van der Waals surface area contributed by atoms with Gasteiger partial charge in [0, 0.05) is 17.9 Å². The Morgan fingerprint density at radius 2 is 2.00 bits per heavy atom. The Morgan fingerprint density at radius 1 is 1.29 bits per heavy atom. The number of benzene rings is 1. The Morgan fingerprint density at radius 3 is 2.62 bits per heavy atom. The van der Waals surface area contributed by atoms with Crippen molar-refractivity contribution in [3.8, 4) is 0 Å². The molecule has 1 N–H and O–H groups in total. The number of nitrogens with one attached hydrogen (secondary N) is 1. The molecule has 1 saturated carbocycles. The minimum Gasteiger partial charge on any atom is -0.379 e. The lowest BCUT2D eigenvalue weighted by molar-refractivity contribution is 0.597. The molecule has 0 saturated heterocycles. The summed E-state index contributed by atoms with van der Waals surface area (Å²) in [6.07, 6.45) is 6.21. The first-order valence-corrected chi connectivity index (χ1v) is 8.83. The molecule has 1 aliphatic carbocycles. The average Bonchev–Trinajstić information content (AvgIpc) is 3.24. The first kappa shape index (κ1) is 14.1. The van der Waals surface area contributed by atoms with Gasteiger partial charge in [0.05, 0.1) is 29.2 Å². The van der Waals surface area contributed by atoms with Crippen LogP contribution in [0, 0.1) is 0 Å². The average molecular weight is 305 g/mol. The Kier molecular flexibility index (Phi) is 3.71. The second kappa shape index (κ2) is 5.52. The summed E-state index contributed by atoms with van der Waals surface area (Å²) in [4.78, 5) is 4.57. The molecular weight excluding hydrogens is 286 g/mol. The molecule has 2 aromatic rings. The first-order valence-electron chi connectivity index (χ1n) is 7.17. The van der Waals surface area contributed by atoms with E-state index in [2.05, 4.69) is 14.9 Å². The Balaban J connectivity index is 1.67. The van der Waals surface area contributed by atoms with Crippen LogP contribution in [0.2, 0.25) is 0 Å². The van der Waals surface area contributed by atoms with E-state index >= 15 is 0 Å². The molecule has 1 aromatic carbocycles. The van der Waals surface area contributed by atoms with Crippen molar-refractivity contribution in [2.75, 3.05) is 11.1 Å². The van der Waals surface area contributed by atoms with Crippen molar-refractivity contribution in [3.63, 3.8) is 0 Å². The summed E-state index contributed by atoms with van der Waals surface area (Å²) in [5.41, 5.74) is 2.07. The second-order valence-corrected chi connectivity index (χ2v) is 7.58. The van der Waals surface area contributed by atoms with Gasteiger partial charge in [0.2, 0.25) is 0 Å². The summed E-state index contributed by atoms with van der Waals surface area (Å²) in [5, 5.41) is 3.31. The van der Waals surface area contributed by atoms with Crippen molar-refractivity contribution < 1.29 is 8.42 Å². The zero-order chi connectivity index (χ0) is 14.9. The van der Waals surface area contributed by atoms with Gasteiger partial charge in [-0.1, -0.05) is 6.92 Å². The summed E-state index contributed by atoms with van der Waals surface area (Å²) in [6, 6.07) is 7.53. The van der Waals surface area contributed by atoms with Gasteiger partial charge in [0.1, 0.15) is 0 Å². The highest BCUT2D eigenvalue weighted by Gasteiger charge is 2.24. The summed E-state index contributed by atoms with van der Waals surface area (Å²) in [7, 11) is -3.12. The minimum absolute atomic E-state index is 0.125. The maximum Gasteiger partial charge on any atom is 0.178 e. The number of nitrogens with zero attached hydrogens (tertiary/aromatic N) is 2. The molecule has 6 heteroatoms. The zero-order valence-electron chi connectivity index (χ0n) is 12.0. The van der Waals surface area contributed by atoms with Crippen LogP contribution in [-0.2, 0) is 16.4 Å². The van der Waals surface area contributed by atoms with Crippen LogP contribution in [0.15, 0.2) is 41.7 Å². The number of aromatic nitrogens is 2. The molecule has 0 aliphatic heterocycles. The number of imidazole rings is 1. The van der Waals surface area contributed by atoms with Crippen molar-refractivity contribution in [3.05, 3.63) is 42.5 Å². The molecule has 1 aromatic heterocycles. The van der Waals surface area contributed by atoms with E-state index in [-0.39, 0.29) is 5.75 Å². The van der Waals surface area contributed by atoms with E-state index in [4.69, 9.17) is 0 Å².